The second-order valence-corrected chi connectivity index (χ2v) is 6.31. The van der Waals surface area contributed by atoms with Crippen LogP contribution in [0.3, 0.4) is 0 Å². The van der Waals surface area contributed by atoms with Gasteiger partial charge in [-0.05, 0) is 43.2 Å². The van der Waals surface area contributed by atoms with Crippen molar-refractivity contribution in [3.05, 3.63) is 35.4 Å². The number of rotatable bonds is 3. The fourth-order valence-corrected chi connectivity index (χ4v) is 3.95. The molecule has 21 heavy (non-hydrogen) atoms. The molecule has 2 fully saturated rings. The van der Waals surface area contributed by atoms with Crippen molar-refractivity contribution >= 4 is 5.91 Å². The van der Waals surface area contributed by atoms with E-state index in [-0.39, 0.29) is 24.2 Å². The molecule has 1 spiro atoms. The van der Waals surface area contributed by atoms with Gasteiger partial charge in [0.2, 0.25) is 5.91 Å². The van der Waals surface area contributed by atoms with Crippen molar-refractivity contribution in [3.8, 4) is 0 Å². The van der Waals surface area contributed by atoms with Gasteiger partial charge in [0.05, 0.1) is 24.7 Å². The van der Waals surface area contributed by atoms with Gasteiger partial charge >= 0.3 is 0 Å². The summed E-state index contributed by atoms with van der Waals surface area (Å²) in [5, 5.41) is 19.4. The lowest BCUT2D eigenvalue weighted by Gasteiger charge is -2.38. The van der Waals surface area contributed by atoms with E-state index in [2.05, 4.69) is 0 Å². The van der Waals surface area contributed by atoms with E-state index in [1.54, 1.807) is 0 Å². The zero-order chi connectivity index (χ0) is 14.9. The average molecular weight is 289 g/mol. The Morgan fingerprint density at radius 1 is 1.19 bits per heavy atom. The Labute approximate surface area is 125 Å². The largest absolute Gasteiger partial charge is 0.392 e. The second-order valence-electron chi connectivity index (χ2n) is 6.31. The zero-order valence-electron chi connectivity index (χ0n) is 12.3. The molecule has 3 rings (SSSR count). The highest BCUT2D eigenvalue weighted by molar-refractivity contribution is 5.80. The van der Waals surface area contributed by atoms with Gasteiger partial charge in [-0.3, -0.25) is 4.79 Å². The molecule has 114 valence electrons. The van der Waals surface area contributed by atoms with Crippen LogP contribution in [-0.4, -0.2) is 39.2 Å². The molecule has 0 bridgehead atoms. The number of likely N-dealkylation sites (tertiary alicyclic amines) is 1. The van der Waals surface area contributed by atoms with Crippen LogP contribution in [0, 0.1) is 0 Å². The summed E-state index contributed by atoms with van der Waals surface area (Å²) in [5.74, 6) is 0.116. The van der Waals surface area contributed by atoms with Crippen LogP contribution in [0.25, 0.3) is 0 Å². The van der Waals surface area contributed by atoms with Crippen LogP contribution < -0.4 is 0 Å². The molecule has 1 saturated heterocycles. The first-order valence-electron chi connectivity index (χ1n) is 7.83. The summed E-state index contributed by atoms with van der Waals surface area (Å²) < 4.78 is 0. The van der Waals surface area contributed by atoms with Gasteiger partial charge in [0, 0.05) is 6.54 Å². The van der Waals surface area contributed by atoms with E-state index in [0.29, 0.717) is 6.42 Å². The van der Waals surface area contributed by atoms with Gasteiger partial charge in [-0.15, -0.1) is 0 Å². The standard InChI is InChI=1S/C17H23NO3/c19-12-14-6-4-13(5-7-14)11-16(21)18-10-2-9-17(18)8-1-3-15(17)20/h4-7,15,19-20H,1-3,8-12H2/t15-,17-/m1/s1. The Morgan fingerprint density at radius 3 is 2.48 bits per heavy atom. The van der Waals surface area contributed by atoms with Crippen molar-refractivity contribution in [1.82, 2.24) is 4.90 Å². The number of hydrogen-bond donors (Lipinski definition) is 2. The highest BCUT2D eigenvalue weighted by atomic mass is 16.3. The SMILES string of the molecule is O=C(Cc1ccc(CO)cc1)N1CCC[C@@]12CCC[C@H]2O. The van der Waals surface area contributed by atoms with Gasteiger partial charge in [0.25, 0.3) is 0 Å². The first-order chi connectivity index (χ1) is 10.2. The van der Waals surface area contributed by atoms with E-state index in [4.69, 9.17) is 5.11 Å². The molecule has 2 atom stereocenters. The number of carbonyl (C=O) groups excluding carboxylic acids is 1. The number of nitrogens with zero attached hydrogens (tertiary/aromatic N) is 1. The van der Waals surface area contributed by atoms with E-state index in [1.807, 2.05) is 29.2 Å². The van der Waals surface area contributed by atoms with Crippen molar-refractivity contribution in [2.24, 2.45) is 0 Å². The molecule has 2 N–H and O–H groups in total. The summed E-state index contributed by atoms with van der Waals surface area (Å²) in [7, 11) is 0. The summed E-state index contributed by atoms with van der Waals surface area (Å²) in [6.07, 6.45) is 4.70. The fourth-order valence-electron chi connectivity index (χ4n) is 3.95. The Kier molecular flexibility index (Phi) is 4.00. The monoisotopic (exact) mass is 289 g/mol. The molecule has 1 aliphatic heterocycles. The van der Waals surface area contributed by atoms with Crippen molar-refractivity contribution in [3.63, 3.8) is 0 Å². The lowest BCUT2D eigenvalue weighted by atomic mass is 9.91. The van der Waals surface area contributed by atoms with Crippen LogP contribution >= 0.6 is 0 Å². The molecule has 1 aromatic rings. The normalized spacial score (nSPS) is 28.5. The minimum atomic E-state index is -0.360. The number of carbonyl (C=O) groups is 1. The minimum absolute atomic E-state index is 0.0235. The van der Waals surface area contributed by atoms with Gasteiger partial charge in [-0.1, -0.05) is 24.3 Å². The van der Waals surface area contributed by atoms with Crippen LogP contribution in [0.15, 0.2) is 24.3 Å². The molecule has 2 aliphatic rings. The van der Waals surface area contributed by atoms with E-state index in [9.17, 15) is 9.90 Å². The van der Waals surface area contributed by atoms with E-state index in [0.717, 1.165) is 49.8 Å². The predicted octanol–water partition coefficient (Wildman–Crippen LogP) is 1.63. The molecular weight excluding hydrogens is 266 g/mol. The summed E-state index contributed by atoms with van der Waals surface area (Å²) in [4.78, 5) is 14.6. The highest BCUT2D eigenvalue weighted by Gasteiger charge is 2.50. The van der Waals surface area contributed by atoms with Crippen LogP contribution in [0.1, 0.15) is 43.2 Å². The zero-order valence-corrected chi connectivity index (χ0v) is 12.3. The second kappa shape index (κ2) is 5.78. The van der Waals surface area contributed by atoms with E-state index in [1.165, 1.54) is 0 Å². The third-order valence-electron chi connectivity index (χ3n) is 5.10. The number of amides is 1. The first-order valence-corrected chi connectivity index (χ1v) is 7.83. The van der Waals surface area contributed by atoms with Crippen molar-refractivity contribution in [2.45, 2.75) is 56.8 Å². The van der Waals surface area contributed by atoms with E-state index >= 15 is 0 Å². The van der Waals surface area contributed by atoms with Crippen LogP contribution in [0.2, 0.25) is 0 Å². The number of hydrogen-bond acceptors (Lipinski definition) is 3. The smallest absolute Gasteiger partial charge is 0.227 e. The molecule has 0 radical (unpaired) electrons. The maximum absolute atomic E-state index is 12.6. The Bertz CT molecular complexity index is 509. The van der Waals surface area contributed by atoms with Gasteiger partial charge in [0.1, 0.15) is 0 Å². The van der Waals surface area contributed by atoms with Crippen LogP contribution in [0.4, 0.5) is 0 Å². The molecule has 0 aromatic heterocycles. The topological polar surface area (TPSA) is 60.8 Å². The first kappa shape index (κ1) is 14.5. The van der Waals surface area contributed by atoms with Gasteiger partial charge in [-0.25, -0.2) is 0 Å². The van der Waals surface area contributed by atoms with Gasteiger partial charge < -0.3 is 15.1 Å². The molecule has 4 nitrogen and oxygen atoms in total. The van der Waals surface area contributed by atoms with Crippen molar-refractivity contribution in [1.29, 1.82) is 0 Å². The molecule has 1 aliphatic carbocycles. The fraction of sp³-hybridized carbons (Fsp3) is 0.588. The molecule has 1 saturated carbocycles. The summed E-state index contributed by atoms with van der Waals surface area (Å²) in [5.41, 5.74) is 1.53. The number of aliphatic hydroxyl groups is 2. The molecule has 4 heteroatoms. The highest BCUT2D eigenvalue weighted by Crippen LogP contribution is 2.43. The van der Waals surface area contributed by atoms with E-state index < -0.39 is 0 Å². The number of benzene rings is 1. The molecule has 1 heterocycles. The summed E-state index contributed by atoms with van der Waals surface area (Å²) >= 11 is 0. The van der Waals surface area contributed by atoms with Gasteiger partial charge in [-0.2, -0.15) is 0 Å². The quantitative estimate of drug-likeness (QED) is 0.889. The van der Waals surface area contributed by atoms with Gasteiger partial charge in [0.15, 0.2) is 0 Å². The third kappa shape index (κ3) is 2.58. The van der Waals surface area contributed by atoms with Crippen molar-refractivity contribution < 1.29 is 15.0 Å². The van der Waals surface area contributed by atoms with Crippen LogP contribution in [0.5, 0.6) is 0 Å². The summed E-state index contributed by atoms with van der Waals surface area (Å²) in [6.45, 7) is 0.792. The Hall–Kier alpha value is -1.39. The molecule has 1 aromatic carbocycles. The maximum Gasteiger partial charge on any atom is 0.227 e. The predicted molar refractivity (Wildman–Crippen MR) is 79.6 cm³/mol. The average Bonchev–Trinajstić information content (AvgIpc) is 3.08. The number of aliphatic hydroxyl groups excluding tert-OH is 2. The lowest BCUT2D eigenvalue weighted by Crippen LogP contribution is -2.52. The molecule has 0 unspecified atom stereocenters. The van der Waals surface area contributed by atoms with Crippen molar-refractivity contribution in [2.75, 3.05) is 6.54 Å². The Morgan fingerprint density at radius 2 is 1.86 bits per heavy atom. The minimum Gasteiger partial charge on any atom is -0.392 e. The molecule has 1 amide bonds. The maximum atomic E-state index is 12.6. The lowest BCUT2D eigenvalue weighted by molar-refractivity contribution is -0.137. The molecular formula is C17H23NO3. The summed E-state index contributed by atoms with van der Waals surface area (Å²) in [6, 6.07) is 7.51. The Balaban J connectivity index is 1.72. The third-order valence-corrected chi connectivity index (χ3v) is 5.10. The van der Waals surface area contributed by atoms with Crippen LogP contribution in [-0.2, 0) is 17.8 Å².